The Balaban J connectivity index is 2.07. The second-order valence-corrected chi connectivity index (χ2v) is 5.75. The lowest BCUT2D eigenvalue weighted by atomic mass is 10.1. The SMILES string of the molecule is CC1CC(C)N(c2cncc(CNC(C)C)n2)C1. The van der Waals surface area contributed by atoms with Crippen LogP contribution in [0.5, 0.6) is 0 Å². The molecule has 1 aliphatic heterocycles. The maximum Gasteiger partial charge on any atom is 0.147 e. The third-order valence-electron chi connectivity index (χ3n) is 3.44. The molecule has 2 unspecified atom stereocenters. The molecule has 0 amide bonds. The third kappa shape index (κ3) is 3.19. The second-order valence-electron chi connectivity index (χ2n) is 5.75. The summed E-state index contributed by atoms with van der Waals surface area (Å²) < 4.78 is 0. The van der Waals surface area contributed by atoms with Crippen LogP contribution in [0.4, 0.5) is 5.82 Å². The fourth-order valence-corrected chi connectivity index (χ4v) is 2.55. The van der Waals surface area contributed by atoms with E-state index in [0.29, 0.717) is 12.1 Å². The van der Waals surface area contributed by atoms with Gasteiger partial charge in [0.05, 0.1) is 11.9 Å². The summed E-state index contributed by atoms with van der Waals surface area (Å²) >= 11 is 0. The minimum absolute atomic E-state index is 0.473. The summed E-state index contributed by atoms with van der Waals surface area (Å²) in [4.78, 5) is 11.4. The molecule has 4 heteroatoms. The van der Waals surface area contributed by atoms with Crippen LogP contribution >= 0.6 is 0 Å². The van der Waals surface area contributed by atoms with E-state index in [-0.39, 0.29) is 0 Å². The normalized spacial score (nSPS) is 23.9. The number of anilines is 1. The Labute approximate surface area is 110 Å². The molecule has 0 aliphatic carbocycles. The van der Waals surface area contributed by atoms with Gasteiger partial charge >= 0.3 is 0 Å². The maximum absolute atomic E-state index is 4.71. The Hall–Kier alpha value is -1.16. The standard InChI is InChI=1S/C14H24N4/c1-10(2)16-7-13-6-15-8-14(17-13)18-9-11(3)5-12(18)4/h6,8,10-12,16H,5,7,9H2,1-4H3. The summed E-state index contributed by atoms with van der Waals surface area (Å²) in [5, 5.41) is 3.38. The summed E-state index contributed by atoms with van der Waals surface area (Å²) in [6, 6.07) is 1.05. The summed E-state index contributed by atoms with van der Waals surface area (Å²) in [6.45, 7) is 10.7. The molecule has 0 saturated carbocycles. The van der Waals surface area contributed by atoms with Crippen molar-refractivity contribution in [3.63, 3.8) is 0 Å². The highest BCUT2D eigenvalue weighted by atomic mass is 15.2. The van der Waals surface area contributed by atoms with E-state index < -0.39 is 0 Å². The molecule has 18 heavy (non-hydrogen) atoms. The fraction of sp³-hybridized carbons (Fsp3) is 0.714. The smallest absolute Gasteiger partial charge is 0.147 e. The van der Waals surface area contributed by atoms with Crippen molar-refractivity contribution < 1.29 is 0 Å². The molecule has 4 nitrogen and oxygen atoms in total. The zero-order valence-electron chi connectivity index (χ0n) is 11.8. The molecule has 1 aromatic heterocycles. The molecule has 2 atom stereocenters. The van der Waals surface area contributed by atoms with E-state index in [1.807, 2.05) is 12.4 Å². The van der Waals surface area contributed by atoms with Crippen molar-refractivity contribution in [1.82, 2.24) is 15.3 Å². The minimum Gasteiger partial charge on any atom is -0.352 e. The van der Waals surface area contributed by atoms with Gasteiger partial charge in [-0.05, 0) is 19.3 Å². The molecule has 1 fully saturated rings. The van der Waals surface area contributed by atoms with Crippen LogP contribution in [0.2, 0.25) is 0 Å². The van der Waals surface area contributed by atoms with E-state index in [1.54, 1.807) is 0 Å². The maximum atomic E-state index is 4.71. The molecular weight excluding hydrogens is 224 g/mol. The van der Waals surface area contributed by atoms with Gasteiger partial charge in [-0.15, -0.1) is 0 Å². The van der Waals surface area contributed by atoms with Gasteiger partial charge in [-0.25, -0.2) is 4.98 Å². The monoisotopic (exact) mass is 248 g/mol. The first-order chi connectivity index (χ1) is 8.56. The molecule has 1 aliphatic rings. The van der Waals surface area contributed by atoms with Crippen molar-refractivity contribution in [2.24, 2.45) is 5.92 Å². The molecule has 0 aromatic carbocycles. The van der Waals surface area contributed by atoms with Gasteiger partial charge in [0.25, 0.3) is 0 Å². The Bertz CT molecular complexity index is 391. The van der Waals surface area contributed by atoms with Crippen LogP contribution in [0.15, 0.2) is 12.4 Å². The summed E-state index contributed by atoms with van der Waals surface area (Å²) in [6.07, 6.45) is 4.98. The number of aromatic nitrogens is 2. The van der Waals surface area contributed by atoms with Crippen LogP contribution in [-0.4, -0.2) is 28.6 Å². The summed E-state index contributed by atoms with van der Waals surface area (Å²) in [5.41, 5.74) is 1.02. The molecule has 0 radical (unpaired) electrons. The first-order valence-corrected chi connectivity index (χ1v) is 6.87. The summed E-state index contributed by atoms with van der Waals surface area (Å²) in [7, 11) is 0. The van der Waals surface area contributed by atoms with E-state index in [9.17, 15) is 0 Å². The lowest BCUT2D eigenvalue weighted by molar-refractivity contribution is 0.579. The third-order valence-corrected chi connectivity index (χ3v) is 3.44. The van der Waals surface area contributed by atoms with Gasteiger partial charge in [0.2, 0.25) is 0 Å². The van der Waals surface area contributed by atoms with E-state index in [1.165, 1.54) is 6.42 Å². The van der Waals surface area contributed by atoms with Gasteiger partial charge in [-0.2, -0.15) is 0 Å². The average molecular weight is 248 g/mol. The molecule has 2 heterocycles. The van der Waals surface area contributed by atoms with Crippen LogP contribution < -0.4 is 10.2 Å². The first kappa shape index (κ1) is 13.3. The van der Waals surface area contributed by atoms with Crippen molar-refractivity contribution in [3.05, 3.63) is 18.1 Å². The van der Waals surface area contributed by atoms with Gasteiger partial charge in [-0.3, -0.25) is 4.98 Å². The number of hydrogen-bond donors (Lipinski definition) is 1. The van der Waals surface area contributed by atoms with Gasteiger partial charge in [0, 0.05) is 31.4 Å². The number of nitrogens with one attached hydrogen (secondary N) is 1. The van der Waals surface area contributed by atoms with E-state index in [0.717, 1.165) is 30.5 Å². The van der Waals surface area contributed by atoms with Gasteiger partial charge in [-0.1, -0.05) is 20.8 Å². The van der Waals surface area contributed by atoms with Crippen molar-refractivity contribution in [2.75, 3.05) is 11.4 Å². The Morgan fingerprint density at radius 3 is 2.78 bits per heavy atom. The fourth-order valence-electron chi connectivity index (χ4n) is 2.55. The largest absolute Gasteiger partial charge is 0.352 e. The molecular formula is C14H24N4. The van der Waals surface area contributed by atoms with Crippen LogP contribution in [-0.2, 0) is 6.54 Å². The molecule has 0 spiro atoms. The highest BCUT2D eigenvalue weighted by Crippen LogP contribution is 2.26. The molecule has 100 valence electrons. The predicted octanol–water partition coefficient (Wildman–Crippen LogP) is 2.21. The molecule has 1 N–H and O–H groups in total. The van der Waals surface area contributed by atoms with Gasteiger partial charge < -0.3 is 10.2 Å². The zero-order valence-corrected chi connectivity index (χ0v) is 11.8. The molecule has 2 rings (SSSR count). The predicted molar refractivity (Wildman–Crippen MR) is 74.6 cm³/mol. The van der Waals surface area contributed by atoms with E-state index in [4.69, 9.17) is 4.98 Å². The Morgan fingerprint density at radius 1 is 1.39 bits per heavy atom. The first-order valence-electron chi connectivity index (χ1n) is 6.87. The highest BCUT2D eigenvalue weighted by Gasteiger charge is 2.27. The molecule has 1 saturated heterocycles. The molecule has 0 bridgehead atoms. The lowest BCUT2D eigenvalue weighted by Gasteiger charge is -2.22. The van der Waals surface area contributed by atoms with Crippen LogP contribution in [0.1, 0.15) is 39.8 Å². The van der Waals surface area contributed by atoms with Crippen LogP contribution in [0.25, 0.3) is 0 Å². The van der Waals surface area contributed by atoms with Crippen molar-refractivity contribution in [2.45, 2.75) is 52.7 Å². The average Bonchev–Trinajstić information content (AvgIpc) is 2.66. The zero-order chi connectivity index (χ0) is 13.1. The Kier molecular flexibility index (Phi) is 4.17. The number of nitrogens with zero attached hydrogens (tertiary/aromatic N) is 3. The van der Waals surface area contributed by atoms with Crippen LogP contribution in [0.3, 0.4) is 0 Å². The van der Waals surface area contributed by atoms with Gasteiger partial charge in [0.15, 0.2) is 0 Å². The topological polar surface area (TPSA) is 41.1 Å². The van der Waals surface area contributed by atoms with Crippen molar-refractivity contribution in [1.29, 1.82) is 0 Å². The van der Waals surface area contributed by atoms with E-state index >= 15 is 0 Å². The minimum atomic E-state index is 0.473. The quantitative estimate of drug-likeness (QED) is 0.887. The van der Waals surface area contributed by atoms with Gasteiger partial charge in [0.1, 0.15) is 5.82 Å². The lowest BCUT2D eigenvalue weighted by Crippen LogP contribution is -2.28. The van der Waals surface area contributed by atoms with E-state index in [2.05, 4.69) is 42.9 Å². The second kappa shape index (κ2) is 5.65. The highest BCUT2D eigenvalue weighted by molar-refractivity contribution is 5.39. The van der Waals surface area contributed by atoms with Crippen molar-refractivity contribution in [3.8, 4) is 0 Å². The number of rotatable bonds is 4. The Morgan fingerprint density at radius 2 is 2.17 bits per heavy atom. The van der Waals surface area contributed by atoms with Crippen LogP contribution in [0, 0.1) is 5.92 Å². The molecule has 1 aromatic rings. The van der Waals surface area contributed by atoms with Crippen molar-refractivity contribution >= 4 is 5.82 Å². The number of hydrogen-bond acceptors (Lipinski definition) is 4. The summed E-state index contributed by atoms with van der Waals surface area (Å²) in [5.74, 6) is 1.77.